The van der Waals surface area contributed by atoms with Gasteiger partial charge in [0, 0.05) is 64.1 Å². The van der Waals surface area contributed by atoms with Crippen LogP contribution in [0.15, 0.2) is 24.5 Å². The Hall–Kier alpha value is -2.19. The number of likely N-dealkylation sites (tertiary alicyclic amines) is 1. The Morgan fingerprint density at radius 3 is 2.41 bits per heavy atom. The van der Waals surface area contributed by atoms with Gasteiger partial charge in [0.05, 0.1) is 13.2 Å². The van der Waals surface area contributed by atoms with E-state index in [2.05, 4.69) is 9.88 Å². The second kappa shape index (κ2) is 11.6. The Bertz CT molecular complexity index is 723. The molecule has 8 nitrogen and oxygen atoms in total. The monoisotopic (exact) mass is 446 g/mol. The molecule has 1 aromatic rings. The zero-order valence-electron chi connectivity index (χ0n) is 19.8. The van der Waals surface area contributed by atoms with Crippen molar-refractivity contribution in [1.29, 1.82) is 0 Å². The summed E-state index contributed by atoms with van der Waals surface area (Å²) in [7, 11) is 0. The van der Waals surface area contributed by atoms with Gasteiger partial charge < -0.3 is 19.3 Å². The molecular formula is C24H38N4O4. The summed E-state index contributed by atoms with van der Waals surface area (Å²) in [5.41, 5.74) is 0.580. The van der Waals surface area contributed by atoms with Crippen LogP contribution in [0.1, 0.15) is 45.6 Å². The molecule has 2 aliphatic heterocycles. The number of hydrogen-bond acceptors (Lipinski definition) is 6. The topological polar surface area (TPSA) is 75.2 Å². The summed E-state index contributed by atoms with van der Waals surface area (Å²) >= 11 is 0. The van der Waals surface area contributed by atoms with Crippen LogP contribution in [0.25, 0.3) is 0 Å². The van der Waals surface area contributed by atoms with Crippen LogP contribution in [0.3, 0.4) is 0 Å². The van der Waals surface area contributed by atoms with Gasteiger partial charge in [-0.1, -0.05) is 0 Å². The van der Waals surface area contributed by atoms with E-state index in [0.717, 1.165) is 51.4 Å². The summed E-state index contributed by atoms with van der Waals surface area (Å²) in [4.78, 5) is 36.0. The fraction of sp³-hybridized carbons (Fsp3) is 0.708. The van der Waals surface area contributed by atoms with Gasteiger partial charge in [0.15, 0.2) is 0 Å². The van der Waals surface area contributed by atoms with Gasteiger partial charge in [-0.25, -0.2) is 4.79 Å². The van der Waals surface area contributed by atoms with Crippen LogP contribution in [-0.4, -0.2) is 89.8 Å². The third kappa shape index (κ3) is 7.74. The Balaban J connectivity index is 1.54. The number of piperidine rings is 1. The molecule has 32 heavy (non-hydrogen) atoms. The SMILES string of the molecule is CC(C)(C)OC(=O)N1CCC(C(=O)N(CCCN2CCOCC2)Cc2ccncc2)CC1. The predicted molar refractivity (Wildman–Crippen MR) is 122 cm³/mol. The van der Waals surface area contributed by atoms with Gasteiger partial charge in [0.25, 0.3) is 0 Å². The predicted octanol–water partition coefficient (Wildman–Crippen LogP) is 2.78. The second-order valence-electron chi connectivity index (χ2n) is 9.66. The van der Waals surface area contributed by atoms with Crippen molar-refractivity contribution in [2.45, 2.75) is 52.2 Å². The van der Waals surface area contributed by atoms with Gasteiger partial charge in [-0.05, 0) is 57.7 Å². The number of hydrogen-bond donors (Lipinski definition) is 0. The van der Waals surface area contributed by atoms with Crippen molar-refractivity contribution in [3.8, 4) is 0 Å². The molecule has 3 heterocycles. The van der Waals surface area contributed by atoms with Crippen LogP contribution in [0.2, 0.25) is 0 Å². The number of ether oxygens (including phenoxy) is 2. The molecule has 8 heteroatoms. The number of amides is 2. The maximum absolute atomic E-state index is 13.4. The van der Waals surface area contributed by atoms with Crippen LogP contribution >= 0.6 is 0 Å². The molecule has 0 saturated carbocycles. The number of morpholine rings is 1. The standard InChI is InChI=1S/C24H38N4O4/c1-24(2,3)32-23(30)27-13-7-21(8-14-27)22(29)28(19-20-5-9-25-10-6-20)12-4-11-26-15-17-31-18-16-26/h5-6,9-10,21H,4,7-8,11-19H2,1-3H3. The fourth-order valence-electron chi connectivity index (χ4n) is 4.18. The lowest BCUT2D eigenvalue weighted by molar-refractivity contribution is -0.138. The molecule has 2 amide bonds. The van der Waals surface area contributed by atoms with Gasteiger partial charge in [-0.2, -0.15) is 0 Å². The minimum Gasteiger partial charge on any atom is -0.444 e. The second-order valence-corrected chi connectivity index (χ2v) is 9.66. The van der Waals surface area contributed by atoms with Gasteiger partial charge >= 0.3 is 6.09 Å². The largest absolute Gasteiger partial charge is 0.444 e. The van der Waals surface area contributed by atoms with Crippen molar-refractivity contribution < 1.29 is 19.1 Å². The summed E-state index contributed by atoms with van der Waals surface area (Å²) in [6.45, 7) is 12.5. The summed E-state index contributed by atoms with van der Waals surface area (Å²) in [5.74, 6) is 0.131. The lowest BCUT2D eigenvalue weighted by atomic mass is 9.95. The van der Waals surface area contributed by atoms with E-state index in [9.17, 15) is 9.59 Å². The molecule has 3 rings (SSSR count). The third-order valence-electron chi connectivity index (χ3n) is 5.94. The quantitative estimate of drug-likeness (QED) is 0.641. The first-order chi connectivity index (χ1) is 15.3. The molecule has 0 aromatic carbocycles. The van der Waals surface area contributed by atoms with E-state index in [-0.39, 0.29) is 17.9 Å². The lowest BCUT2D eigenvalue weighted by Gasteiger charge is -2.35. The summed E-state index contributed by atoms with van der Waals surface area (Å²) in [5, 5.41) is 0. The molecule has 178 valence electrons. The molecule has 1 aromatic heterocycles. The summed E-state index contributed by atoms with van der Waals surface area (Å²) in [6, 6.07) is 3.93. The van der Waals surface area contributed by atoms with E-state index < -0.39 is 5.60 Å². The van der Waals surface area contributed by atoms with E-state index in [1.165, 1.54) is 0 Å². The molecule has 0 radical (unpaired) electrons. The first kappa shape index (κ1) is 24.5. The maximum Gasteiger partial charge on any atom is 0.410 e. The molecule has 0 spiro atoms. The highest BCUT2D eigenvalue weighted by molar-refractivity contribution is 5.79. The molecule has 0 bridgehead atoms. The van der Waals surface area contributed by atoms with E-state index in [4.69, 9.17) is 9.47 Å². The first-order valence-electron chi connectivity index (χ1n) is 11.8. The van der Waals surface area contributed by atoms with Crippen LogP contribution in [0, 0.1) is 5.92 Å². The van der Waals surface area contributed by atoms with E-state index >= 15 is 0 Å². The number of pyridine rings is 1. The zero-order valence-corrected chi connectivity index (χ0v) is 19.8. The third-order valence-corrected chi connectivity index (χ3v) is 5.94. The number of rotatable bonds is 7. The smallest absolute Gasteiger partial charge is 0.410 e. The van der Waals surface area contributed by atoms with Crippen molar-refractivity contribution in [2.75, 3.05) is 52.5 Å². The Morgan fingerprint density at radius 1 is 1.12 bits per heavy atom. The van der Waals surface area contributed by atoms with Gasteiger partial charge in [-0.3, -0.25) is 14.7 Å². The Labute approximate surface area is 191 Å². The average molecular weight is 447 g/mol. The van der Waals surface area contributed by atoms with Crippen molar-refractivity contribution in [2.24, 2.45) is 5.92 Å². The van der Waals surface area contributed by atoms with E-state index in [0.29, 0.717) is 32.5 Å². The molecular weight excluding hydrogens is 408 g/mol. The van der Waals surface area contributed by atoms with Crippen LogP contribution in [0.4, 0.5) is 4.79 Å². The highest BCUT2D eigenvalue weighted by Gasteiger charge is 2.32. The Morgan fingerprint density at radius 2 is 1.78 bits per heavy atom. The molecule has 2 fully saturated rings. The van der Waals surface area contributed by atoms with Gasteiger partial charge in [-0.15, -0.1) is 0 Å². The summed E-state index contributed by atoms with van der Waals surface area (Å²) < 4.78 is 10.9. The van der Waals surface area contributed by atoms with Crippen LogP contribution in [-0.2, 0) is 20.8 Å². The average Bonchev–Trinajstić information content (AvgIpc) is 2.78. The van der Waals surface area contributed by atoms with E-state index in [1.54, 1.807) is 17.3 Å². The number of carbonyl (C=O) groups is 2. The highest BCUT2D eigenvalue weighted by Crippen LogP contribution is 2.23. The molecule has 2 aliphatic rings. The number of aromatic nitrogens is 1. The fourth-order valence-corrected chi connectivity index (χ4v) is 4.18. The minimum absolute atomic E-state index is 0.0566. The van der Waals surface area contributed by atoms with E-state index in [1.807, 2.05) is 37.8 Å². The normalized spacial score (nSPS) is 18.4. The van der Waals surface area contributed by atoms with Gasteiger partial charge in [0.1, 0.15) is 5.60 Å². The number of nitrogens with zero attached hydrogens (tertiary/aromatic N) is 4. The van der Waals surface area contributed by atoms with Gasteiger partial charge in [0.2, 0.25) is 5.91 Å². The zero-order chi connectivity index (χ0) is 23.0. The Kier molecular flexibility index (Phi) is 8.87. The van der Waals surface area contributed by atoms with Crippen molar-refractivity contribution in [3.63, 3.8) is 0 Å². The first-order valence-corrected chi connectivity index (χ1v) is 11.8. The van der Waals surface area contributed by atoms with Crippen molar-refractivity contribution >= 4 is 12.0 Å². The highest BCUT2D eigenvalue weighted by atomic mass is 16.6. The molecule has 0 atom stereocenters. The maximum atomic E-state index is 13.4. The lowest BCUT2D eigenvalue weighted by Crippen LogP contribution is -2.46. The van der Waals surface area contributed by atoms with Crippen molar-refractivity contribution in [1.82, 2.24) is 19.7 Å². The minimum atomic E-state index is -0.508. The molecule has 0 N–H and O–H groups in total. The summed E-state index contributed by atoms with van der Waals surface area (Å²) in [6.07, 6.45) is 5.54. The van der Waals surface area contributed by atoms with Crippen LogP contribution in [0.5, 0.6) is 0 Å². The number of carbonyl (C=O) groups excluding carboxylic acids is 2. The molecule has 2 saturated heterocycles. The van der Waals surface area contributed by atoms with Crippen LogP contribution < -0.4 is 0 Å². The molecule has 0 aliphatic carbocycles. The molecule has 0 unspecified atom stereocenters. The van der Waals surface area contributed by atoms with Crippen molar-refractivity contribution in [3.05, 3.63) is 30.1 Å².